The van der Waals surface area contributed by atoms with Crippen molar-refractivity contribution in [2.45, 2.75) is 12.8 Å². The summed E-state index contributed by atoms with van der Waals surface area (Å²) in [6.45, 7) is 2.56. The summed E-state index contributed by atoms with van der Waals surface area (Å²) in [6.07, 6.45) is 5.62. The Morgan fingerprint density at radius 1 is 0.880 bits per heavy atom. The third-order valence-electron chi connectivity index (χ3n) is 5.06. The molecule has 1 aliphatic heterocycles. The van der Waals surface area contributed by atoms with E-state index >= 15 is 0 Å². The normalized spacial score (nSPS) is 18.1. The lowest BCUT2D eigenvalue weighted by Crippen LogP contribution is -2.50. The molecule has 128 valence electrons. The fraction of sp³-hybridized carbons (Fsp3) is 0.333. The van der Waals surface area contributed by atoms with Crippen molar-refractivity contribution in [3.8, 4) is 0 Å². The predicted octanol–water partition coefficient (Wildman–Crippen LogP) is 2.93. The molecule has 2 aromatic rings. The van der Waals surface area contributed by atoms with Gasteiger partial charge in [0, 0.05) is 38.2 Å². The molecule has 1 aliphatic carbocycles. The average Bonchev–Trinajstić information content (AvgIpc) is 3.51. The molecule has 2 aliphatic rings. The van der Waals surface area contributed by atoms with Crippen molar-refractivity contribution in [2.75, 3.05) is 26.2 Å². The third kappa shape index (κ3) is 3.43. The molecule has 1 saturated heterocycles. The first-order chi connectivity index (χ1) is 12.2. The highest BCUT2D eigenvalue weighted by atomic mass is 16.2. The number of nitrogens with zero attached hydrogens (tertiary/aromatic N) is 2. The molecule has 0 aromatic heterocycles. The fourth-order valence-electron chi connectivity index (χ4n) is 3.40. The Bertz CT molecular complexity index is 825. The van der Waals surface area contributed by atoms with Crippen molar-refractivity contribution in [3.63, 3.8) is 0 Å². The van der Waals surface area contributed by atoms with E-state index in [1.165, 1.54) is 5.39 Å². The summed E-state index contributed by atoms with van der Waals surface area (Å²) in [5, 5.41) is 2.32. The van der Waals surface area contributed by atoms with Gasteiger partial charge in [0.15, 0.2) is 0 Å². The molecule has 0 spiro atoms. The molecule has 25 heavy (non-hydrogen) atoms. The first-order valence-corrected chi connectivity index (χ1v) is 8.96. The number of carbonyl (C=O) groups is 2. The monoisotopic (exact) mass is 334 g/mol. The average molecular weight is 334 g/mol. The molecule has 4 heteroatoms. The zero-order valence-electron chi connectivity index (χ0n) is 14.2. The van der Waals surface area contributed by atoms with Gasteiger partial charge in [-0.1, -0.05) is 42.5 Å². The minimum Gasteiger partial charge on any atom is -0.339 e. The molecule has 0 bridgehead atoms. The summed E-state index contributed by atoms with van der Waals surface area (Å²) >= 11 is 0. The lowest BCUT2D eigenvalue weighted by atomic mass is 10.0. The fourth-order valence-corrected chi connectivity index (χ4v) is 3.40. The molecule has 4 nitrogen and oxygen atoms in total. The second-order valence-corrected chi connectivity index (χ2v) is 6.83. The number of piperazine rings is 1. The van der Waals surface area contributed by atoms with Gasteiger partial charge in [0.1, 0.15) is 0 Å². The summed E-state index contributed by atoms with van der Waals surface area (Å²) < 4.78 is 0. The van der Waals surface area contributed by atoms with Gasteiger partial charge in [-0.25, -0.2) is 0 Å². The van der Waals surface area contributed by atoms with Crippen molar-refractivity contribution < 1.29 is 9.59 Å². The highest BCUT2D eigenvalue weighted by Crippen LogP contribution is 2.31. The molecule has 1 saturated carbocycles. The van der Waals surface area contributed by atoms with Crippen LogP contribution in [0.1, 0.15) is 18.4 Å². The van der Waals surface area contributed by atoms with Crippen LogP contribution in [0.5, 0.6) is 0 Å². The Morgan fingerprint density at radius 3 is 2.32 bits per heavy atom. The van der Waals surface area contributed by atoms with E-state index in [4.69, 9.17) is 0 Å². The van der Waals surface area contributed by atoms with Gasteiger partial charge in [-0.15, -0.1) is 0 Å². The number of hydrogen-bond acceptors (Lipinski definition) is 2. The number of rotatable bonds is 3. The van der Waals surface area contributed by atoms with E-state index < -0.39 is 0 Å². The zero-order chi connectivity index (χ0) is 17.2. The second kappa shape index (κ2) is 6.71. The molecule has 0 unspecified atom stereocenters. The van der Waals surface area contributed by atoms with Crippen LogP contribution >= 0.6 is 0 Å². The molecule has 0 N–H and O–H groups in total. The van der Waals surface area contributed by atoms with Crippen LogP contribution in [0, 0.1) is 5.92 Å². The molecule has 4 rings (SSSR count). The first kappa shape index (κ1) is 15.9. The molecule has 2 aromatic carbocycles. The number of hydrogen-bond donors (Lipinski definition) is 0. The largest absolute Gasteiger partial charge is 0.339 e. The maximum absolute atomic E-state index is 12.5. The van der Waals surface area contributed by atoms with E-state index in [1.807, 2.05) is 40.1 Å². The summed E-state index contributed by atoms with van der Waals surface area (Å²) in [7, 11) is 0. The SMILES string of the molecule is O=C(C=Cc1cccc2ccccc12)N1CCN(C(=O)C2CC2)CC1. The van der Waals surface area contributed by atoms with E-state index in [0.29, 0.717) is 26.2 Å². The topological polar surface area (TPSA) is 40.6 Å². The van der Waals surface area contributed by atoms with Crippen LogP contribution in [0.15, 0.2) is 48.5 Å². The smallest absolute Gasteiger partial charge is 0.246 e. The van der Waals surface area contributed by atoms with Crippen LogP contribution in [-0.2, 0) is 9.59 Å². The van der Waals surface area contributed by atoms with Crippen LogP contribution in [0.25, 0.3) is 16.8 Å². The van der Waals surface area contributed by atoms with Crippen molar-refractivity contribution >= 4 is 28.7 Å². The van der Waals surface area contributed by atoms with Crippen LogP contribution < -0.4 is 0 Å². The van der Waals surface area contributed by atoms with Gasteiger partial charge >= 0.3 is 0 Å². The number of fused-ring (bicyclic) bond motifs is 1. The molecule has 0 radical (unpaired) electrons. The van der Waals surface area contributed by atoms with Crippen LogP contribution in [-0.4, -0.2) is 47.8 Å². The quantitative estimate of drug-likeness (QED) is 0.810. The number of amides is 2. The van der Waals surface area contributed by atoms with E-state index in [1.54, 1.807) is 6.08 Å². The highest BCUT2D eigenvalue weighted by molar-refractivity contribution is 5.96. The summed E-state index contributed by atoms with van der Waals surface area (Å²) in [5.74, 6) is 0.554. The molecular weight excluding hydrogens is 312 g/mol. The van der Waals surface area contributed by atoms with Gasteiger partial charge < -0.3 is 9.80 Å². The van der Waals surface area contributed by atoms with Crippen molar-refractivity contribution in [1.29, 1.82) is 0 Å². The minimum atomic E-state index is 0.0199. The molecule has 1 heterocycles. The summed E-state index contributed by atoms with van der Waals surface area (Å²) in [4.78, 5) is 28.3. The van der Waals surface area contributed by atoms with Gasteiger partial charge in [0.05, 0.1) is 0 Å². The van der Waals surface area contributed by atoms with E-state index in [0.717, 1.165) is 23.8 Å². The van der Waals surface area contributed by atoms with E-state index in [-0.39, 0.29) is 17.7 Å². The van der Waals surface area contributed by atoms with E-state index in [2.05, 4.69) is 18.2 Å². The standard InChI is InChI=1S/C21H22N2O2/c24-20(22-12-14-23(15-13-22)21(25)18-8-9-18)11-10-17-6-3-5-16-4-1-2-7-19(16)17/h1-7,10-11,18H,8-9,12-15H2. The Labute approximate surface area is 147 Å². The number of carbonyl (C=O) groups excluding carboxylic acids is 2. The lowest BCUT2D eigenvalue weighted by molar-refractivity contribution is -0.138. The third-order valence-corrected chi connectivity index (χ3v) is 5.06. The zero-order valence-corrected chi connectivity index (χ0v) is 14.2. The Kier molecular flexibility index (Phi) is 4.26. The van der Waals surface area contributed by atoms with Gasteiger partial charge in [-0.3, -0.25) is 9.59 Å². The Balaban J connectivity index is 1.40. The predicted molar refractivity (Wildman–Crippen MR) is 98.9 cm³/mol. The lowest BCUT2D eigenvalue weighted by Gasteiger charge is -2.34. The van der Waals surface area contributed by atoms with Crippen LogP contribution in [0.2, 0.25) is 0 Å². The molecule has 2 amide bonds. The number of benzene rings is 2. The van der Waals surface area contributed by atoms with Gasteiger partial charge in [-0.2, -0.15) is 0 Å². The maximum Gasteiger partial charge on any atom is 0.246 e. The van der Waals surface area contributed by atoms with Crippen LogP contribution in [0.4, 0.5) is 0 Å². The highest BCUT2D eigenvalue weighted by Gasteiger charge is 2.34. The molecule has 0 atom stereocenters. The Hall–Kier alpha value is -2.62. The first-order valence-electron chi connectivity index (χ1n) is 8.96. The Morgan fingerprint density at radius 2 is 1.56 bits per heavy atom. The van der Waals surface area contributed by atoms with E-state index in [9.17, 15) is 9.59 Å². The van der Waals surface area contributed by atoms with Crippen molar-refractivity contribution in [1.82, 2.24) is 9.80 Å². The van der Waals surface area contributed by atoms with Gasteiger partial charge in [0.25, 0.3) is 0 Å². The molecule has 2 fully saturated rings. The summed E-state index contributed by atoms with van der Waals surface area (Å²) in [5.41, 5.74) is 1.05. The van der Waals surface area contributed by atoms with Crippen molar-refractivity contribution in [3.05, 3.63) is 54.1 Å². The van der Waals surface area contributed by atoms with Gasteiger partial charge in [-0.05, 0) is 35.3 Å². The van der Waals surface area contributed by atoms with Crippen molar-refractivity contribution in [2.24, 2.45) is 5.92 Å². The van der Waals surface area contributed by atoms with Crippen LogP contribution in [0.3, 0.4) is 0 Å². The van der Waals surface area contributed by atoms with Gasteiger partial charge in [0.2, 0.25) is 11.8 Å². The minimum absolute atomic E-state index is 0.0199. The maximum atomic E-state index is 12.5. The molecular formula is C21H22N2O2. The second-order valence-electron chi connectivity index (χ2n) is 6.83. The summed E-state index contributed by atoms with van der Waals surface area (Å²) in [6, 6.07) is 14.3.